The molecule has 5 rings (SSSR count). The Kier molecular flexibility index (Phi) is 6.97. The molecule has 176 valence electrons. The summed E-state index contributed by atoms with van der Waals surface area (Å²) in [5, 5.41) is 19.5. The number of nitrogens with one attached hydrogen (secondary N) is 1. The van der Waals surface area contributed by atoms with E-state index in [0.29, 0.717) is 27.8 Å². The maximum absolute atomic E-state index is 13.4. The number of aryl methyl sites for hydroxylation is 1. The van der Waals surface area contributed by atoms with Crippen LogP contribution in [0, 0.1) is 17.1 Å². The lowest BCUT2D eigenvalue weighted by molar-refractivity contribution is 0.585. The van der Waals surface area contributed by atoms with Crippen LogP contribution >= 0.6 is 23.7 Å². The molecule has 1 fully saturated rings. The first-order valence-corrected chi connectivity index (χ1v) is 11.6. The molecule has 1 aliphatic rings. The van der Waals surface area contributed by atoms with E-state index in [4.69, 9.17) is 10.1 Å². The van der Waals surface area contributed by atoms with Gasteiger partial charge in [-0.05, 0) is 37.3 Å². The number of hydrogen-bond acceptors (Lipinski definition) is 8. The van der Waals surface area contributed by atoms with Crippen molar-refractivity contribution >= 4 is 51.4 Å². The average molecular weight is 499 g/mol. The minimum atomic E-state index is -0.322. The number of rotatable bonds is 5. The Balaban J connectivity index is 0.00000274. The molecule has 1 aliphatic heterocycles. The summed E-state index contributed by atoms with van der Waals surface area (Å²) in [5.41, 5.74) is 2.08. The zero-order valence-electron chi connectivity index (χ0n) is 18.8. The van der Waals surface area contributed by atoms with Gasteiger partial charge < -0.3 is 15.1 Å². The van der Waals surface area contributed by atoms with E-state index >= 15 is 0 Å². The third-order valence-electron chi connectivity index (χ3n) is 5.76. The molecule has 0 amide bonds. The summed E-state index contributed by atoms with van der Waals surface area (Å²) in [6.45, 7) is 6.40. The average Bonchev–Trinajstić information content (AvgIpc) is 3.46. The number of benzene rings is 1. The van der Waals surface area contributed by atoms with Gasteiger partial charge >= 0.3 is 0 Å². The molecular weight excluding hydrogens is 475 g/mol. The van der Waals surface area contributed by atoms with Gasteiger partial charge in [0.2, 0.25) is 0 Å². The number of nitrogens with zero attached hydrogens (tertiary/aromatic N) is 7. The predicted octanol–water partition coefficient (Wildman–Crippen LogP) is 4.18. The molecule has 0 bridgehead atoms. The monoisotopic (exact) mass is 498 g/mol. The van der Waals surface area contributed by atoms with E-state index in [2.05, 4.69) is 27.3 Å². The van der Waals surface area contributed by atoms with Crippen LogP contribution in [0.1, 0.15) is 11.8 Å². The molecular formula is C23H24ClFN8S. The van der Waals surface area contributed by atoms with Crippen molar-refractivity contribution in [1.82, 2.24) is 25.1 Å². The second-order valence-electron chi connectivity index (χ2n) is 7.79. The number of pyridine rings is 1. The largest absolute Gasteiger partial charge is 0.354 e. The van der Waals surface area contributed by atoms with Crippen molar-refractivity contribution < 1.29 is 4.39 Å². The second kappa shape index (κ2) is 9.93. The van der Waals surface area contributed by atoms with Gasteiger partial charge in [-0.25, -0.2) is 19.0 Å². The van der Waals surface area contributed by atoms with Gasteiger partial charge in [0.05, 0.1) is 6.20 Å². The van der Waals surface area contributed by atoms with E-state index in [9.17, 15) is 9.65 Å². The van der Waals surface area contributed by atoms with E-state index in [0.717, 1.165) is 48.7 Å². The minimum Gasteiger partial charge on any atom is -0.354 e. The summed E-state index contributed by atoms with van der Waals surface area (Å²) < 4.78 is 15.3. The van der Waals surface area contributed by atoms with Crippen LogP contribution in [0.15, 0.2) is 36.5 Å². The van der Waals surface area contributed by atoms with Crippen LogP contribution in [0.25, 0.3) is 22.2 Å². The van der Waals surface area contributed by atoms with Crippen LogP contribution in [0.3, 0.4) is 0 Å². The Morgan fingerprint density at radius 1 is 1.24 bits per heavy atom. The van der Waals surface area contributed by atoms with Gasteiger partial charge in [0, 0.05) is 50.7 Å². The molecule has 34 heavy (non-hydrogen) atoms. The smallest absolute Gasteiger partial charge is 0.192 e. The van der Waals surface area contributed by atoms with Crippen molar-refractivity contribution in [2.75, 3.05) is 43.0 Å². The molecule has 11 heteroatoms. The first-order chi connectivity index (χ1) is 16.1. The molecule has 4 aromatic rings. The quantitative estimate of drug-likeness (QED) is 0.441. The van der Waals surface area contributed by atoms with Gasteiger partial charge in [0.15, 0.2) is 5.13 Å². The van der Waals surface area contributed by atoms with Crippen molar-refractivity contribution in [2.24, 2.45) is 0 Å². The van der Waals surface area contributed by atoms with Crippen molar-refractivity contribution in [2.45, 2.75) is 13.5 Å². The lowest BCUT2D eigenvalue weighted by Crippen LogP contribution is -2.43. The zero-order valence-corrected chi connectivity index (χ0v) is 20.5. The fourth-order valence-electron chi connectivity index (χ4n) is 4.08. The molecule has 8 nitrogen and oxygen atoms in total. The molecule has 0 atom stereocenters. The fourth-order valence-corrected chi connectivity index (χ4v) is 4.92. The number of nitriles is 1. The fraction of sp³-hybridized carbons (Fsp3) is 0.304. The van der Waals surface area contributed by atoms with Gasteiger partial charge in [-0.1, -0.05) is 11.3 Å². The Morgan fingerprint density at radius 3 is 2.65 bits per heavy atom. The molecule has 3 aromatic heterocycles. The van der Waals surface area contributed by atoms with E-state index in [1.54, 1.807) is 12.1 Å². The number of piperazine rings is 1. The maximum atomic E-state index is 13.4. The van der Waals surface area contributed by atoms with Gasteiger partial charge in [0.1, 0.15) is 39.6 Å². The van der Waals surface area contributed by atoms with Crippen LogP contribution in [-0.4, -0.2) is 53.0 Å². The second-order valence-corrected chi connectivity index (χ2v) is 8.77. The van der Waals surface area contributed by atoms with E-state index in [1.165, 1.54) is 23.5 Å². The molecule has 1 aromatic carbocycles. The van der Waals surface area contributed by atoms with Crippen molar-refractivity contribution in [3.05, 3.63) is 47.2 Å². The zero-order chi connectivity index (χ0) is 22.9. The van der Waals surface area contributed by atoms with Crippen LogP contribution < -0.4 is 15.1 Å². The summed E-state index contributed by atoms with van der Waals surface area (Å²) in [7, 11) is 1.93. The lowest BCUT2D eigenvalue weighted by atomic mass is 10.1. The Labute approximate surface area is 207 Å². The van der Waals surface area contributed by atoms with Gasteiger partial charge in [-0.15, -0.1) is 12.4 Å². The third-order valence-corrected chi connectivity index (χ3v) is 6.80. The number of aromatic nitrogens is 4. The standard InChI is InChI=1S/C23H23FN8S.ClH/c1-3-32-22(17-12-20(27-14-18(17)29-32)31-10-8-26-9-11-31)30(2)23-28-21(19(13-25)33-23)15-4-6-16(24)7-5-15;/h4-7,12,14,26H,3,8-11H2,1-2H3;1H. The number of halogens is 2. The van der Waals surface area contributed by atoms with Crippen molar-refractivity contribution in [1.29, 1.82) is 5.26 Å². The summed E-state index contributed by atoms with van der Waals surface area (Å²) in [6, 6.07) is 10.4. The molecule has 0 spiro atoms. The molecule has 4 heterocycles. The highest BCUT2D eigenvalue weighted by molar-refractivity contribution is 7.16. The summed E-state index contributed by atoms with van der Waals surface area (Å²) in [6.07, 6.45) is 1.82. The maximum Gasteiger partial charge on any atom is 0.192 e. The normalized spacial score (nSPS) is 13.5. The van der Waals surface area contributed by atoms with Crippen LogP contribution in [0.4, 0.5) is 21.2 Å². The topological polar surface area (TPSA) is 85.9 Å². The number of hydrogen-bond donors (Lipinski definition) is 1. The highest BCUT2D eigenvalue weighted by atomic mass is 35.5. The Bertz CT molecular complexity index is 1340. The summed E-state index contributed by atoms with van der Waals surface area (Å²) in [5.74, 6) is 1.50. The van der Waals surface area contributed by atoms with E-state index in [1.807, 2.05) is 29.7 Å². The predicted molar refractivity (Wildman–Crippen MR) is 136 cm³/mol. The van der Waals surface area contributed by atoms with Crippen LogP contribution in [-0.2, 0) is 6.54 Å². The highest BCUT2D eigenvalue weighted by Crippen LogP contribution is 2.38. The Morgan fingerprint density at radius 2 is 1.97 bits per heavy atom. The van der Waals surface area contributed by atoms with Gasteiger partial charge in [-0.3, -0.25) is 0 Å². The van der Waals surface area contributed by atoms with Gasteiger partial charge in [-0.2, -0.15) is 10.4 Å². The number of anilines is 3. The first-order valence-electron chi connectivity index (χ1n) is 10.8. The summed E-state index contributed by atoms with van der Waals surface area (Å²) in [4.78, 5) is 14.1. The molecule has 0 radical (unpaired) electrons. The third kappa shape index (κ3) is 4.30. The minimum absolute atomic E-state index is 0. The molecule has 0 saturated carbocycles. The molecule has 0 unspecified atom stereocenters. The lowest BCUT2D eigenvalue weighted by Gasteiger charge is -2.28. The first kappa shape index (κ1) is 23.9. The molecule has 0 aliphatic carbocycles. The summed E-state index contributed by atoms with van der Waals surface area (Å²) >= 11 is 1.31. The van der Waals surface area contributed by atoms with Crippen molar-refractivity contribution in [3.8, 4) is 17.3 Å². The van der Waals surface area contributed by atoms with Crippen LogP contribution in [0.2, 0.25) is 0 Å². The van der Waals surface area contributed by atoms with E-state index in [-0.39, 0.29) is 18.2 Å². The number of fused-ring (bicyclic) bond motifs is 1. The SMILES string of the molecule is CCn1nc2cnc(N3CCNCC3)cc2c1N(C)c1nc(-c2ccc(F)cc2)c(C#N)s1.Cl. The van der Waals surface area contributed by atoms with Gasteiger partial charge in [0.25, 0.3) is 0 Å². The Hall–Kier alpha value is -3.26. The highest BCUT2D eigenvalue weighted by Gasteiger charge is 2.23. The molecule has 1 saturated heterocycles. The van der Waals surface area contributed by atoms with Crippen LogP contribution in [0.5, 0.6) is 0 Å². The molecule has 1 N–H and O–H groups in total. The van der Waals surface area contributed by atoms with E-state index < -0.39 is 0 Å². The van der Waals surface area contributed by atoms with Crippen molar-refractivity contribution in [3.63, 3.8) is 0 Å². The number of thiazole rings is 1.